The number of rotatable bonds is 4. The third-order valence-electron chi connectivity index (χ3n) is 5.34. The number of carboxylic acid groups (broad SMARTS) is 1. The molecule has 2 heterocycles. The number of piperidine rings is 1. The number of carbonyl (C=O) groups is 1. The second kappa shape index (κ2) is 6.59. The van der Waals surface area contributed by atoms with Crippen molar-refractivity contribution >= 4 is 5.97 Å². The summed E-state index contributed by atoms with van der Waals surface area (Å²) in [5.41, 5.74) is 4.27. The number of benzene rings is 1. The van der Waals surface area contributed by atoms with Crippen molar-refractivity contribution in [3.63, 3.8) is 0 Å². The Balaban J connectivity index is 1.65. The second-order valence-electron chi connectivity index (χ2n) is 6.93. The summed E-state index contributed by atoms with van der Waals surface area (Å²) in [6.07, 6.45) is 5.74. The zero-order valence-electron chi connectivity index (χ0n) is 14.1. The van der Waals surface area contributed by atoms with Crippen molar-refractivity contribution < 1.29 is 14.3 Å². The lowest BCUT2D eigenvalue weighted by atomic mass is 10.0. The van der Waals surface area contributed by atoms with Crippen LogP contribution in [0.5, 0.6) is 0 Å². The van der Waals surface area contributed by atoms with E-state index in [-0.39, 0.29) is 5.82 Å². The Morgan fingerprint density at radius 1 is 1.20 bits per heavy atom. The maximum absolute atomic E-state index is 13.2. The van der Waals surface area contributed by atoms with Gasteiger partial charge in [0.05, 0.1) is 11.4 Å². The predicted octanol–water partition coefficient (Wildman–Crippen LogP) is 2.94. The molecule has 1 N–H and O–H groups in total. The Morgan fingerprint density at radius 3 is 2.76 bits per heavy atom. The molecule has 5 nitrogen and oxygen atoms in total. The van der Waals surface area contributed by atoms with Gasteiger partial charge in [-0.2, -0.15) is 5.10 Å². The third-order valence-corrected chi connectivity index (χ3v) is 5.34. The summed E-state index contributed by atoms with van der Waals surface area (Å²) in [4.78, 5) is 13.6. The van der Waals surface area contributed by atoms with Crippen LogP contribution in [0, 0.1) is 5.82 Å². The number of nitrogens with zero attached hydrogens (tertiary/aromatic N) is 3. The summed E-state index contributed by atoms with van der Waals surface area (Å²) in [6.45, 7) is 1.38. The fourth-order valence-corrected chi connectivity index (χ4v) is 4.09. The Hall–Kier alpha value is -2.21. The van der Waals surface area contributed by atoms with Crippen molar-refractivity contribution in [2.75, 3.05) is 6.54 Å². The van der Waals surface area contributed by atoms with Crippen molar-refractivity contribution in [2.24, 2.45) is 0 Å². The van der Waals surface area contributed by atoms with E-state index in [9.17, 15) is 14.3 Å². The molecule has 2 aromatic rings. The van der Waals surface area contributed by atoms with E-state index in [0.717, 1.165) is 50.0 Å². The van der Waals surface area contributed by atoms with Crippen molar-refractivity contribution in [2.45, 2.75) is 51.1 Å². The first-order valence-corrected chi connectivity index (χ1v) is 8.96. The molecule has 0 saturated carbocycles. The number of fused-ring (bicyclic) bond motifs is 1. The zero-order valence-corrected chi connectivity index (χ0v) is 14.1. The largest absolute Gasteiger partial charge is 0.480 e. The zero-order chi connectivity index (χ0) is 17.4. The first kappa shape index (κ1) is 16.3. The van der Waals surface area contributed by atoms with Crippen LogP contribution in [0.2, 0.25) is 0 Å². The van der Waals surface area contributed by atoms with Crippen LogP contribution in [0.1, 0.15) is 42.6 Å². The molecule has 1 aliphatic heterocycles. The van der Waals surface area contributed by atoms with Crippen LogP contribution in [0.25, 0.3) is 5.69 Å². The van der Waals surface area contributed by atoms with Crippen LogP contribution in [-0.2, 0) is 24.2 Å². The fraction of sp³-hybridized carbons (Fsp3) is 0.474. The van der Waals surface area contributed by atoms with Gasteiger partial charge in [-0.1, -0.05) is 6.42 Å². The Labute approximate surface area is 146 Å². The Morgan fingerprint density at radius 2 is 2.00 bits per heavy atom. The molecular formula is C19H22FN3O2. The van der Waals surface area contributed by atoms with Gasteiger partial charge in [0.1, 0.15) is 11.9 Å². The minimum absolute atomic E-state index is 0.259. The lowest BCUT2D eigenvalue weighted by Crippen LogP contribution is -2.44. The molecule has 0 radical (unpaired) electrons. The normalized spacial score (nSPS) is 20.6. The fourth-order valence-electron chi connectivity index (χ4n) is 4.09. The van der Waals surface area contributed by atoms with Gasteiger partial charge in [-0.05, 0) is 68.5 Å². The van der Waals surface area contributed by atoms with Crippen LogP contribution in [0.3, 0.4) is 0 Å². The van der Waals surface area contributed by atoms with Crippen LogP contribution < -0.4 is 0 Å². The minimum atomic E-state index is -0.741. The van der Waals surface area contributed by atoms with Gasteiger partial charge in [0.2, 0.25) is 0 Å². The van der Waals surface area contributed by atoms with E-state index in [1.165, 1.54) is 23.4 Å². The monoisotopic (exact) mass is 343 g/mol. The number of hydrogen-bond acceptors (Lipinski definition) is 3. The highest BCUT2D eigenvalue weighted by atomic mass is 19.1. The summed E-state index contributed by atoms with van der Waals surface area (Å²) in [6, 6.07) is 5.96. The molecule has 1 aromatic carbocycles. The molecular weight excluding hydrogens is 321 g/mol. The Kier molecular flexibility index (Phi) is 4.29. The molecule has 0 amide bonds. The molecule has 2 aliphatic rings. The van der Waals surface area contributed by atoms with E-state index < -0.39 is 12.0 Å². The predicted molar refractivity (Wildman–Crippen MR) is 91.2 cm³/mol. The van der Waals surface area contributed by atoms with Gasteiger partial charge >= 0.3 is 5.97 Å². The first-order valence-electron chi connectivity index (χ1n) is 8.96. The van der Waals surface area contributed by atoms with Gasteiger partial charge in [-0.3, -0.25) is 9.69 Å². The number of carboxylic acids is 1. The lowest BCUT2D eigenvalue weighted by molar-refractivity contribution is -0.144. The minimum Gasteiger partial charge on any atom is -0.480 e. The topological polar surface area (TPSA) is 58.4 Å². The molecule has 25 heavy (non-hydrogen) atoms. The van der Waals surface area contributed by atoms with Gasteiger partial charge in [0.25, 0.3) is 0 Å². The summed E-state index contributed by atoms with van der Waals surface area (Å²) in [5.74, 6) is -1.00. The summed E-state index contributed by atoms with van der Waals surface area (Å²) >= 11 is 0. The van der Waals surface area contributed by atoms with Gasteiger partial charge in [-0.15, -0.1) is 0 Å². The van der Waals surface area contributed by atoms with E-state index in [1.807, 2.05) is 9.58 Å². The Bertz CT molecular complexity index is 785. The molecule has 1 aliphatic carbocycles. The van der Waals surface area contributed by atoms with Gasteiger partial charge < -0.3 is 5.11 Å². The van der Waals surface area contributed by atoms with Gasteiger partial charge in [0, 0.05) is 12.2 Å². The maximum atomic E-state index is 13.2. The molecule has 4 rings (SSSR count). The molecule has 0 spiro atoms. The molecule has 1 fully saturated rings. The van der Waals surface area contributed by atoms with Crippen LogP contribution in [0.15, 0.2) is 24.3 Å². The van der Waals surface area contributed by atoms with E-state index in [0.29, 0.717) is 13.0 Å². The smallest absolute Gasteiger partial charge is 0.320 e. The summed E-state index contributed by atoms with van der Waals surface area (Å²) < 4.78 is 15.1. The number of hydrogen-bond donors (Lipinski definition) is 1. The van der Waals surface area contributed by atoms with Crippen LogP contribution in [0.4, 0.5) is 4.39 Å². The standard InChI is InChI=1S/C19H22FN3O2/c20-13-7-9-14(10-8-13)23-17-6-3-4-15(17)16(21-23)12-22-11-2-1-5-18(22)19(24)25/h7-10,18H,1-6,11-12H2,(H,24,25). The van der Waals surface area contributed by atoms with Crippen molar-refractivity contribution in [1.29, 1.82) is 0 Å². The maximum Gasteiger partial charge on any atom is 0.320 e. The number of aliphatic carboxylic acids is 1. The van der Waals surface area contributed by atoms with E-state index in [2.05, 4.69) is 0 Å². The lowest BCUT2D eigenvalue weighted by Gasteiger charge is -2.32. The average molecular weight is 343 g/mol. The van der Waals surface area contributed by atoms with E-state index in [4.69, 9.17) is 5.10 Å². The molecule has 132 valence electrons. The molecule has 1 aromatic heterocycles. The van der Waals surface area contributed by atoms with Crippen molar-refractivity contribution in [3.05, 3.63) is 47.0 Å². The van der Waals surface area contributed by atoms with Crippen LogP contribution in [-0.4, -0.2) is 38.3 Å². The first-order chi connectivity index (χ1) is 12.1. The molecule has 1 saturated heterocycles. The van der Waals surface area contributed by atoms with E-state index >= 15 is 0 Å². The highest BCUT2D eigenvalue weighted by Crippen LogP contribution is 2.30. The van der Waals surface area contributed by atoms with Crippen LogP contribution >= 0.6 is 0 Å². The van der Waals surface area contributed by atoms with Crippen molar-refractivity contribution in [1.82, 2.24) is 14.7 Å². The summed E-state index contributed by atoms with van der Waals surface area (Å²) in [5, 5.41) is 14.3. The molecule has 0 bridgehead atoms. The molecule has 6 heteroatoms. The SMILES string of the molecule is O=C(O)C1CCCCN1Cc1nn(-c2ccc(F)cc2)c2c1CCC2. The number of halogens is 1. The molecule has 1 unspecified atom stereocenters. The highest BCUT2D eigenvalue weighted by molar-refractivity contribution is 5.73. The third kappa shape index (κ3) is 3.06. The van der Waals surface area contributed by atoms with Gasteiger partial charge in [-0.25, -0.2) is 9.07 Å². The van der Waals surface area contributed by atoms with E-state index in [1.54, 1.807) is 12.1 Å². The second-order valence-corrected chi connectivity index (χ2v) is 6.93. The van der Waals surface area contributed by atoms with Gasteiger partial charge in [0.15, 0.2) is 0 Å². The quantitative estimate of drug-likeness (QED) is 0.927. The summed E-state index contributed by atoms with van der Waals surface area (Å²) in [7, 11) is 0. The molecule has 1 atom stereocenters. The number of aromatic nitrogens is 2. The highest BCUT2D eigenvalue weighted by Gasteiger charge is 2.31. The number of likely N-dealkylation sites (tertiary alicyclic amines) is 1. The average Bonchev–Trinajstić information content (AvgIpc) is 3.20. The van der Waals surface area contributed by atoms with Crippen molar-refractivity contribution in [3.8, 4) is 5.69 Å².